The van der Waals surface area contributed by atoms with Gasteiger partial charge in [0.2, 0.25) is 0 Å². The average molecular weight is 288 g/mol. The molecule has 0 amide bonds. The van der Waals surface area contributed by atoms with Gasteiger partial charge in [-0.15, -0.1) is 0 Å². The van der Waals surface area contributed by atoms with E-state index in [0.29, 0.717) is 6.04 Å². The van der Waals surface area contributed by atoms with Gasteiger partial charge in [0, 0.05) is 19.5 Å². The van der Waals surface area contributed by atoms with E-state index in [2.05, 4.69) is 47.1 Å². The van der Waals surface area contributed by atoms with Crippen LogP contribution in [-0.2, 0) is 19.9 Å². The van der Waals surface area contributed by atoms with Crippen LogP contribution in [-0.4, -0.2) is 22.4 Å². The van der Waals surface area contributed by atoms with E-state index < -0.39 is 0 Å². The van der Waals surface area contributed by atoms with Crippen molar-refractivity contribution in [2.45, 2.75) is 46.1 Å². The molecule has 1 atom stereocenters. The average Bonchev–Trinajstić information content (AvgIpc) is 2.53. The summed E-state index contributed by atoms with van der Waals surface area (Å²) >= 11 is 3.65. The fourth-order valence-corrected chi connectivity index (χ4v) is 2.57. The molecular weight excluding hydrogens is 266 g/mol. The fraction of sp³-hybridized carbons (Fsp3) is 0.750. The zero-order valence-electron chi connectivity index (χ0n) is 10.7. The normalized spacial score (nSPS) is 13.1. The third-order valence-corrected chi connectivity index (χ3v) is 3.66. The van der Waals surface area contributed by atoms with Crippen molar-refractivity contribution in [3.8, 4) is 0 Å². The van der Waals surface area contributed by atoms with Gasteiger partial charge < -0.3 is 5.32 Å². The van der Waals surface area contributed by atoms with E-state index in [9.17, 15) is 0 Å². The molecule has 92 valence electrons. The maximum atomic E-state index is 4.50. The first-order valence-corrected chi connectivity index (χ1v) is 6.83. The Kier molecular flexibility index (Phi) is 5.49. The molecule has 1 aromatic rings. The second kappa shape index (κ2) is 6.40. The largest absolute Gasteiger partial charge is 0.314 e. The second-order valence-corrected chi connectivity index (χ2v) is 5.04. The third-order valence-electron chi connectivity index (χ3n) is 2.75. The monoisotopic (exact) mass is 287 g/mol. The smallest absolute Gasteiger partial charge is 0.0766 e. The predicted octanol–water partition coefficient (Wildman–Crippen LogP) is 2.68. The van der Waals surface area contributed by atoms with Gasteiger partial charge in [0.25, 0.3) is 0 Å². The Morgan fingerprint density at radius 1 is 1.44 bits per heavy atom. The zero-order valence-corrected chi connectivity index (χ0v) is 12.3. The van der Waals surface area contributed by atoms with Gasteiger partial charge in [0.05, 0.1) is 15.9 Å². The van der Waals surface area contributed by atoms with Crippen LogP contribution >= 0.6 is 15.9 Å². The van der Waals surface area contributed by atoms with Crippen molar-refractivity contribution in [1.29, 1.82) is 0 Å². The van der Waals surface area contributed by atoms with Crippen LogP contribution in [0, 0.1) is 0 Å². The standard InChI is InChI=1S/C12H22BrN3/c1-5-7-14-9(3)8-11-12(13)10(6-2)15-16(11)4/h9,14H,5-8H2,1-4H3. The van der Waals surface area contributed by atoms with Crippen molar-refractivity contribution < 1.29 is 0 Å². The first kappa shape index (κ1) is 13.7. The Balaban J connectivity index is 2.69. The number of halogens is 1. The third kappa shape index (κ3) is 3.32. The molecular formula is C12H22BrN3. The zero-order chi connectivity index (χ0) is 12.1. The second-order valence-electron chi connectivity index (χ2n) is 4.24. The van der Waals surface area contributed by atoms with E-state index in [1.807, 2.05) is 11.7 Å². The van der Waals surface area contributed by atoms with Crippen molar-refractivity contribution in [1.82, 2.24) is 15.1 Å². The van der Waals surface area contributed by atoms with Crippen LogP contribution in [0.4, 0.5) is 0 Å². The van der Waals surface area contributed by atoms with Crippen LogP contribution < -0.4 is 5.32 Å². The maximum absolute atomic E-state index is 4.50. The van der Waals surface area contributed by atoms with Crippen molar-refractivity contribution in [3.63, 3.8) is 0 Å². The minimum Gasteiger partial charge on any atom is -0.314 e. The van der Waals surface area contributed by atoms with E-state index in [1.165, 1.54) is 16.6 Å². The number of nitrogens with one attached hydrogen (secondary N) is 1. The molecule has 0 saturated carbocycles. The van der Waals surface area contributed by atoms with Crippen molar-refractivity contribution >= 4 is 15.9 Å². The van der Waals surface area contributed by atoms with Crippen LogP contribution in [0.25, 0.3) is 0 Å². The molecule has 0 bridgehead atoms. The highest BCUT2D eigenvalue weighted by Gasteiger charge is 2.14. The molecule has 4 heteroatoms. The van der Waals surface area contributed by atoms with Crippen molar-refractivity contribution in [3.05, 3.63) is 15.9 Å². The predicted molar refractivity (Wildman–Crippen MR) is 71.7 cm³/mol. The molecule has 0 aromatic carbocycles. The van der Waals surface area contributed by atoms with Gasteiger partial charge in [-0.3, -0.25) is 4.68 Å². The Morgan fingerprint density at radius 3 is 2.62 bits per heavy atom. The van der Waals surface area contributed by atoms with Crippen LogP contribution in [0.3, 0.4) is 0 Å². The summed E-state index contributed by atoms with van der Waals surface area (Å²) in [5.74, 6) is 0. The van der Waals surface area contributed by atoms with Gasteiger partial charge in [0.15, 0.2) is 0 Å². The molecule has 0 aliphatic heterocycles. The summed E-state index contributed by atoms with van der Waals surface area (Å²) in [6, 6.07) is 0.497. The molecule has 1 heterocycles. The summed E-state index contributed by atoms with van der Waals surface area (Å²) in [6.07, 6.45) is 3.17. The molecule has 0 radical (unpaired) electrons. The molecule has 0 saturated heterocycles. The lowest BCUT2D eigenvalue weighted by Gasteiger charge is -2.13. The molecule has 1 aromatic heterocycles. The first-order chi connectivity index (χ1) is 7.60. The topological polar surface area (TPSA) is 29.9 Å². The Morgan fingerprint density at radius 2 is 2.12 bits per heavy atom. The molecule has 3 nitrogen and oxygen atoms in total. The van der Waals surface area contributed by atoms with E-state index >= 15 is 0 Å². The number of aryl methyl sites for hydroxylation is 2. The lowest BCUT2D eigenvalue weighted by Crippen LogP contribution is -2.29. The van der Waals surface area contributed by atoms with Gasteiger partial charge >= 0.3 is 0 Å². The van der Waals surface area contributed by atoms with E-state index in [-0.39, 0.29) is 0 Å². The van der Waals surface area contributed by atoms with Crippen LogP contribution in [0.2, 0.25) is 0 Å². The van der Waals surface area contributed by atoms with Gasteiger partial charge in [-0.25, -0.2) is 0 Å². The van der Waals surface area contributed by atoms with Crippen molar-refractivity contribution in [2.24, 2.45) is 7.05 Å². The quantitative estimate of drug-likeness (QED) is 0.872. The highest BCUT2D eigenvalue weighted by atomic mass is 79.9. The minimum absolute atomic E-state index is 0.497. The van der Waals surface area contributed by atoms with Crippen LogP contribution in [0.5, 0.6) is 0 Å². The first-order valence-electron chi connectivity index (χ1n) is 6.03. The molecule has 0 spiro atoms. The molecule has 1 N–H and O–H groups in total. The number of nitrogens with zero attached hydrogens (tertiary/aromatic N) is 2. The van der Waals surface area contributed by atoms with Gasteiger partial charge in [-0.2, -0.15) is 5.10 Å². The lowest BCUT2D eigenvalue weighted by atomic mass is 10.1. The molecule has 16 heavy (non-hydrogen) atoms. The summed E-state index contributed by atoms with van der Waals surface area (Å²) < 4.78 is 3.18. The molecule has 0 aliphatic carbocycles. The fourth-order valence-electron chi connectivity index (χ4n) is 1.79. The lowest BCUT2D eigenvalue weighted by molar-refractivity contribution is 0.525. The Labute approximate surface area is 107 Å². The number of hydrogen-bond acceptors (Lipinski definition) is 2. The van der Waals surface area contributed by atoms with Crippen LogP contribution in [0.15, 0.2) is 4.47 Å². The highest BCUT2D eigenvalue weighted by molar-refractivity contribution is 9.10. The summed E-state index contributed by atoms with van der Waals surface area (Å²) in [7, 11) is 2.02. The summed E-state index contributed by atoms with van der Waals surface area (Å²) in [5.41, 5.74) is 2.44. The molecule has 1 rings (SSSR count). The van der Waals surface area contributed by atoms with E-state index in [4.69, 9.17) is 0 Å². The van der Waals surface area contributed by atoms with E-state index in [1.54, 1.807) is 0 Å². The molecule has 0 fully saturated rings. The van der Waals surface area contributed by atoms with Crippen molar-refractivity contribution in [2.75, 3.05) is 6.54 Å². The molecule has 1 unspecified atom stereocenters. The van der Waals surface area contributed by atoms with Gasteiger partial charge in [-0.1, -0.05) is 13.8 Å². The Bertz CT molecular complexity index is 333. The highest BCUT2D eigenvalue weighted by Crippen LogP contribution is 2.22. The van der Waals surface area contributed by atoms with E-state index in [0.717, 1.165) is 25.1 Å². The van der Waals surface area contributed by atoms with Crippen LogP contribution in [0.1, 0.15) is 38.6 Å². The SMILES string of the molecule is CCCNC(C)Cc1c(Br)c(CC)nn1C. The number of hydrogen-bond donors (Lipinski definition) is 1. The number of aromatic nitrogens is 2. The summed E-state index contributed by atoms with van der Waals surface area (Å²) in [4.78, 5) is 0. The van der Waals surface area contributed by atoms with Gasteiger partial charge in [0.1, 0.15) is 0 Å². The number of rotatable bonds is 6. The molecule has 0 aliphatic rings. The Hall–Kier alpha value is -0.350. The summed E-state index contributed by atoms with van der Waals surface area (Å²) in [6.45, 7) is 7.63. The minimum atomic E-state index is 0.497. The summed E-state index contributed by atoms with van der Waals surface area (Å²) in [5, 5.41) is 8.00. The maximum Gasteiger partial charge on any atom is 0.0766 e. The van der Waals surface area contributed by atoms with Gasteiger partial charge in [-0.05, 0) is 42.2 Å².